The second-order valence-corrected chi connectivity index (χ2v) is 4.92. The Bertz CT molecular complexity index is 247. The van der Waals surface area contributed by atoms with E-state index < -0.39 is 0 Å². The zero-order chi connectivity index (χ0) is 9.68. The van der Waals surface area contributed by atoms with Gasteiger partial charge in [-0.2, -0.15) is 0 Å². The minimum Gasteiger partial charge on any atom is -0.330 e. The molecule has 0 fully saturated rings. The van der Waals surface area contributed by atoms with Crippen LogP contribution >= 0.6 is 22.9 Å². The summed E-state index contributed by atoms with van der Waals surface area (Å²) in [6, 6.07) is 4.12. The first-order chi connectivity index (χ1) is 6.27. The van der Waals surface area contributed by atoms with Crippen molar-refractivity contribution in [1.29, 1.82) is 0 Å². The van der Waals surface area contributed by atoms with Gasteiger partial charge < -0.3 is 5.73 Å². The van der Waals surface area contributed by atoms with Crippen molar-refractivity contribution in [3.8, 4) is 0 Å². The SMILES string of the molecule is CCC(CCCN)c1ccc(Cl)s1. The summed E-state index contributed by atoms with van der Waals surface area (Å²) in [4.78, 5) is 1.40. The minimum atomic E-state index is 0.654. The van der Waals surface area contributed by atoms with E-state index in [2.05, 4.69) is 13.0 Å². The predicted molar refractivity (Wildman–Crippen MR) is 60.6 cm³/mol. The van der Waals surface area contributed by atoms with Gasteiger partial charge in [0.1, 0.15) is 0 Å². The summed E-state index contributed by atoms with van der Waals surface area (Å²) in [7, 11) is 0. The van der Waals surface area contributed by atoms with E-state index >= 15 is 0 Å². The summed E-state index contributed by atoms with van der Waals surface area (Å²) in [6.45, 7) is 3.00. The zero-order valence-electron chi connectivity index (χ0n) is 7.92. The van der Waals surface area contributed by atoms with Gasteiger partial charge in [0.15, 0.2) is 0 Å². The van der Waals surface area contributed by atoms with Gasteiger partial charge in [0.05, 0.1) is 4.34 Å². The molecule has 0 saturated carbocycles. The Morgan fingerprint density at radius 1 is 1.54 bits per heavy atom. The second kappa shape index (κ2) is 5.63. The number of hydrogen-bond donors (Lipinski definition) is 1. The van der Waals surface area contributed by atoms with Crippen molar-refractivity contribution < 1.29 is 0 Å². The molecular formula is C10H16ClNS. The third-order valence-corrected chi connectivity index (χ3v) is 3.64. The van der Waals surface area contributed by atoms with Crippen molar-refractivity contribution in [2.24, 2.45) is 5.73 Å². The Kier molecular flexibility index (Phi) is 4.78. The lowest BCUT2D eigenvalue weighted by molar-refractivity contribution is 0.589. The molecule has 3 heteroatoms. The molecule has 0 aromatic carbocycles. The third-order valence-electron chi connectivity index (χ3n) is 2.25. The van der Waals surface area contributed by atoms with Gasteiger partial charge in [0.25, 0.3) is 0 Å². The van der Waals surface area contributed by atoms with Crippen molar-refractivity contribution in [2.45, 2.75) is 32.1 Å². The number of rotatable bonds is 5. The molecule has 1 nitrogen and oxygen atoms in total. The molecule has 0 aliphatic carbocycles. The lowest BCUT2D eigenvalue weighted by Gasteiger charge is -2.11. The van der Waals surface area contributed by atoms with Crippen LogP contribution in [0.2, 0.25) is 4.34 Å². The maximum atomic E-state index is 5.89. The molecule has 13 heavy (non-hydrogen) atoms. The maximum Gasteiger partial charge on any atom is 0.0931 e. The number of hydrogen-bond acceptors (Lipinski definition) is 2. The average Bonchev–Trinajstić information content (AvgIpc) is 2.54. The van der Waals surface area contributed by atoms with Gasteiger partial charge in [-0.05, 0) is 43.9 Å². The van der Waals surface area contributed by atoms with Crippen LogP contribution in [0.15, 0.2) is 12.1 Å². The van der Waals surface area contributed by atoms with Crippen molar-refractivity contribution >= 4 is 22.9 Å². The molecule has 1 aromatic heterocycles. The standard InChI is InChI=1S/C10H16ClNS/c1-2-8(4-3-7-12)9-5-6-10(11)13-9/h5-6,8H,2-4,7,12H2,1H3. The third kappa shape index (κ3) is 3.29. The van der Waals surface area contributed by atoms with E-state index in [0.717, 1.165) is 17.3 Å². The van der Waals surface area contributed by atoms with Gasteiger partial charge in [-0.1, -0.05) is 18.5 Å². The topological polar surface area (TPSA) is 26.0 Å². The molecule has 0 aliphatic heterocycles. The molecule has 1 heterocycles. The Hall–Kier alpha value is -0.0500. The molecule has 0 spiro atoms. The smallest absolute Gasteiger partial charge is 0.0931 e. The lowest BCUT2D eigenvalue weighted by atomic mass is 9.99. The van der Waals surface area contributed by atoms with E-state index in [-0.39, 0.29) is 0 Å². The molecule has 0 radical (unpaired) electrons. The van der Waals surface area contributed by atoms with E-state index in [9.17, 15) is 0 Å². The lowest BCUT2D eigenvalue weighted by Crippen LogP contribution is -2.02. The van der Waals surface area contributed by atoms with Crippen LogP contribution in [0.1, 0.15) is 37.0 Å². The highest BCUT2D eigenvalue weighted by atomic mass is 35.5. The van der Waals surface area contributed by atoms with Crippen molar-refractivity contribution in [3.63, 3.8) is 0 Å². The second-order valence-electron chi connectivity index (χ2n) is 3.18. The highest BCUT2D eigenvalue weighted by molar-refractivity contribution is 7.16. The van der Waals surface area contributed by atoms with E-state index in [1.165, 1.54) is 17.7 Å². The first-order valence-corrected chi connectivity index (χ1v) is 5.92. The number of nitrogens with two attached hydrogens (primary N) is 1. The molecule has 0 saturated heterocycles. The maximum absolute atomic E-state index is 5.89. The van der Waals surface area contributed by atoms with E-state index in [0.29, 0.717) is 5.92 Å². The normalized spacial score (nSPS) is 13.2. The molecule has 0 aliphatic rings. The molecule has 0 amide bonds. The largest absolute Gasteiger partial charge is 0.330 e. The van der Waals surface area contributed by atoms with Crippen LogP contribution in [-0.2, 0) is 0 Å². The zero-order valence-corrected chi connectivity index (χ0v) is 9.50. The summed E-state index contributed by atoms with van der Waals surface area (Å²) in [6.07, 6.45) is 3.47. The van der Waals surface area contributed by atoms with E-state index in [1.807, 2.05) is 6.07 Å². The van der Waals surface area contributed by atoms with Crippen LogP contribution in [0.25, 0.3) is 0 Å². The van der Waals surface area contributed by atoms with Crippen molar-refractivity contribution in [1.82, 2.24) is 0 Å². The Labute approximate surface area is 88.9 Å². The van der Waals surface area contributed by atoms with Gasteiger partial charge in [-0.25, -0.2) is 0 Å². The van der Waals surface area contributed by atoms with Gasteiger partial charge in [-0.15, -0.1) is 11.3 Å². The van der Waals surface area contributed by atoms with E-state index in [1.54, 1.807) is 11.3 Å². The van der Waals surface area contributed by atoms with Gasteiger partial charge in [0.2, 0.25) is 0 Å². The highest BCUT2D eigenvalue weighted by Crippen LogP contribution is 2.32. The predicted octanol–water partition coefficient (Wildman–Crippen LogP) is 3.63. The fourth-order valence-corrected chi connectivity index (χ4v) is 2.74. The fourth-order valence-electron chi connectivity index (χ4n) is 1.46. The van der Waals surface area contributed by atoms with Crippen LogP contribution in [0.4, 0.5) is 0 Å². The summed E-state index contributed by atoms with van der Waals surface area (Å²) in [5, 5.41) is 0. The molecule has 1 aromatic rings. The summed E-state index contributed by atoms with van der Waals surface area (Å²) in [5.41, 5.74) is 5.49. The molecule has 74 valence electrons. The van der Waals surface area contributed by atoms with Crippen LogP contribution in [0.3, 0.4) is 0 Å². The molecule has 1 atom stereocenters. The Morgan fingerprint density at radius 2 is 2.31 bits per heavy atom. The minimum absolute atomic E-state index is 0.654. The first-order valence-electron chi connectivity index (χ1n) is 4.73. The molecule has 1 unspecified atom stereocenters. The van der Waals surface area contributed by atoms with Crippen LogP contribution in [0, 0.1) is 0 Å². The number of thiophene rings is 1. The first kappa shape index (κ1) is 11.0. The van der Waals surface area contributed by atoms with Crippen molar-refractivity contribution in [2.75, 3.05) is 6.54 Å². The van der Waals surface area contributed by atoms with E-state index in [4.69, 9.17) is 17.3 Å². The van der Waals surface area contributed by atoms with Crippen molar-refractivity contribution in [3.05, 3.63) is 21.3 Å². The fraction of sp³-hybridized carbons (Fsp3) is 0.600. The van der Waals surface area contributed by atoms with Gasteiger partial charge >= 0.3 is 0 Å². The molecular weight excluding hydrogens is 202 g/mol. The Morgan fingerprint density at radius 3 is 2.77 bits per heavy atom. The molecule has 2 N–H and O–H groups in total. The summed E-state index contributed by atoms with van der Waals surface area (Å²) >= 11 is 7.58. The highest BCUT2D eigenvalue weighted by Gasteiger charge is 2.10. The van der Waals surface area contributed by atoms with Crippen LogP contribution in [0.5, 0.6) is 0 Å². The Balaban J connectivity index is 2.56. The summed E-state index contributed by atoms with van der Waals surface area (Å²) < 4.78 is 0.890. The number of halogens is 1. The quantitative estimate of drug-likeness (QED) is 0.801. The summed E-state index contributed by atoms with van der Waals surface area (Å²) in [5.74, 6) is 0.654. The molecule has 1 rings (SSSR count). The van der Waals surface area contributed by atoms with Gasteiger partial charge in [0, 0.05) is 4.88 Å². The average molecular weight is 218 g/mol. The monoisotopic (exact) mass is 217 g/mol. The van der Waals surface area contributed by atoms with Crippen LogP contribution < -0.4 is 5.73 Å². The van der Waals surface area contributed by atoms with Crippen LogP contribution in [-0.4, -0.2) is 6.54 Å². The molecule has 0 bridgehead atoms. The van der Waals surface area contributed by atoms with Gasteiger partial charge in [-0.3, -0.25) is 0 Å².